The van der Waals surface area contributed by atoms with Crippen molar-refractivity contribution in [2.45, 2.75) is 27.5 Å². The molecule has 0 spiro atoms. The molecule has 1 heterocycles. The van der Waals surface area contributed by atoms with Gasteiger partial charge in [-0.25, -0.2) is 4.68 Å². The molecule has 0 radical (unpaired) electrons. The number of aromatic nitrogens is 3. The summed E-state index contributed by atoms with van der Waals surface area (Å²) in [5.74, 6) is -0.294. The summed E-state index contributed by atoms with van der Waals surface area (Å²) in [7, 11) is 0. The first-order valence-corrected chi connectivity index (χ1v) is 6.48. The van der Waals surface area contributed by atoms with Crippen molar-refractivity contribution in [1.29, 1.82) is 5.26 Å². The maximum absolute atomic E-state index is 11.7. The molecular formula is C15H16N4O2. The maximum Gasteiger partial charge on any atom is 0.313 e. The topological polar surface area (TPSA) is 80.8 Å². The zero-order valence-corrected chi connectivity index (χ0v) is 12.2. The van der Waals surface area contributed by atoms with E-state index in [-0.39, 0.29) is 12.7 Å². The van der Waals surface area contributed by atoms with Gasteiger partial charge < -0.3 is 4.74 Å². The fourth-order valence-electron chi connectivity index (χ4n) is 1.55. The van der Waals surface area contributed by atoms with Gasteiger partial charge in [-0.3, -0.25) is 4.79 Å². The number of carbonyl (C=O) groups is 1. The second kappa shape index (κ2) is 5.75. The zero-order chi connectivity index (χ0) is 15.5. The van der Waals surface area contributed by atoms with Gasteiger partial charge in [0.25, 0.3) is 0 Å². The summed E-state index contributed by atoms with van der Waals surface area (Å²) in [5, 5.41) is 16.7. The summed E-state index contributed by atoms with van der Waals surface area (Å²) in [4.78, 5) is 11.7. The van der Waals surface area contributed by atoms with Crippen LogP contribution in [0.5, 0.6) is 0 Å². The van der Waals surface area contributed by atoms with E-state index in [4.69, 9.17) is 10.00 Å². The number of hydrogen-bond acceptors (Lipinski definition) is 5. The molecular weight excluding hydrogens is 268 g/mol. The highest BCUT2D eigenvalue weighted by Gasteiger charge is 2.23. The normalized spacial score (nSPS) is 11.0. The molecule has 1 aromatic heterocycles. The number of hydrogen-bond donors (Lipinski definition) is 0. The first-order chi connectivity index (χ1) is 9.90. The molecule has 0 fully saturated rings. The molecule has 0 N–H and O–H groups in total. The van der Waals surface area contributed by atoms with Crippen molar-refractivity contribution >= 4 is 5.97 Å². The van der Waals surface area contributed by atoms with Crippen molar-refractivity contribution in [3.8, 4) is 17.3 Å². The van der Waals surface area contributed by atoms with E-state index in [9.17, 15) is 4.79 Å². The highest BCUT2D eigenvalue weighted by molar-refractivity contribution is 5.75. The van der Waals surface area contributed by atoms with Crippen molar-refractivity contribution in [2.75, 3.05) is 0 Å². The van der Waals surface area contributed by atoms with E-state index in [0.29, 0.717) is 11.3 Å². The molecule has 0 aliphatic rings. The molecule has 2 aromatic rings. The third-order valence-corrected chi connectivity index (χ3v) is 2.79. The fourth-order valence-corrected chi connectivity index (χ4v) is 1.55. The standard InChI is InChI=1S/C15H16N4O2/c1-15(2,3)14(20)21-10-19-9-13(17-18-19)12-6-4-11(8-16)5-7-12/h4-7,9H,10H2,1-3H3. The minimum absolute atomic E-state index is 0.0272. The minimum atomic E-state index is -0.545. The Morgan fingerprint density at radius 3 is 2.57 bits per heavy atom. The van der Waals surface area contributed by atoms with Crippen LogP contribution in [0.15, 0.2) is 30.5 Å². The Labute approximate surface area is 123 Å². The summed E-state index contributed by atoms with van der Waals surface area (Å²) in [6.45, 7) is 5.40. The highest BCUT2D eigenvalue weighted by atomic mass is 16.5. The fraction of sp³-hybridized carbons (Fsp3) is 0.333. The molecule has 0 aliphatic carbocycles. The zero-order valence-electron chi connectivity index (χ0n) is 12.2. The molecule has 0 aliphatic heterocycles. The van der Waals surface area contributed by atoms with Crippen molar-refractivity contribution in [3.05, 3.63) is 36.0 Å². The van der Waals surface area contributed by atoms with Gasteiger partial charge in [0, 0.05) is 5.56 Å². The lowest BCUT2D eigenvalue weighted by Gasteiger charge is -2.15. The Balaban J connectivity index is 2.04. The summed E-state index contributed by atoms with van der Waals surface area (Å²) >= 11 is 0. The van der Waals surface area contributed by atoms with Crippen molar-refractivity contribution in [1.82, 2.24) is 15.0 Å². The number of nitrogens with zero attached hydrogens (tertiary/aromatic N) is 4. The number of esters is 1. The van der Waals surface area contributed by atoms with Gasteiger partial charge in [-0.2, -0.15) is 5.26 Å². The molecule has 1 aromatic carbocycles. The average Bonchev–Trinajstić information content (AvgIpc) is 2.92. The van der Waals surface area contributed by atoms with Gasteiger partial charge in [-0.1, -0.05) is 17.3 Å². The molecule has 0 saturated heterocycles. The summed E-state index contributed by atoms with van der Waals surface area (Å²) in [6, 6.07) is 9.09. The Morgan fingerprint density at radius 1 is 1.33 bits per heavy atom. The van der Waals surface area contributed by atoms with Crippen LogP contribution in [-0.4, -0.2) is 21.0 Å². The predicted molar refractivity (Wildman–Crippen MR) is 75.7 cm³/mol. The number of nitriles is 1. The molecule has 0 saturated carbocycles. The van der Waals surface area contributed by atoms with Crippen molar-refractivity contribution in [2.24, 2.45) is 5.41 Å². The quantitative estimate of drug-likeness (QED) is 0.808. The van der Waals surface area contributed by atoms with Crippen molar-refractivity contribution < 1.29 is 9.53 Å². The van der Waals surface area contributed by atoms with E-state index in [1.165, 1.54) is 4.68 Å². The number of ether oxygens (including phenoxy) is 1. The molecule has 0 atom stereocenters. The van der Waals surface area contributed by atoms with Crippen LogP contribution in [0.3, 0.4) is 0 Å². The largest absolute Gasteiger partial charge is 0.442 e. The molecule has 0 bridgehead atoms. The van der Waals surface area contributed by atoms with Crippen LogP contribution >= 0.6 is 0 Å². The number of carbonyl (C=O) groups excluding carboxylic acids is 1. The molecule has 21 heavy (non-hydrogen) atoms. The Morgan fingerprint density at radius 2 is 2.00 bits per heavy atom. The molecule has 0 unspecified atom stereocenters. The van der Waals surface area contributed by atoms with Gasteiger partial charge in [0.05, 0.1) is 23.2 Å². The molecule has 2 rings (SSSR count). The molecule has 6 nitrogen and oxygen atoms in total. The molecule has 108 valence electrons. The highest BCUT2D eigenvalue weighted by Crippen LogP contribution is 2.18. The lowest BCUT2D eigenvalue weighted by Crippen LogP contribution is -2.24. The van der Waals surface area contributed by atoms with Crippen molar-refractivity contribution in [3.63, 3.8) is 0 Å². The lowest BCUT2D eigenvalue weighted by molar-refractivity contribution is -0.157. The first kappa shape index (κ1) is 14.7. The predicted octanol–water partition coefficient (Wildman–Crippen LogP) is 2.36. The van der Waals surface area contributed by atoms with E-state index < -0.39 is 5.41 Å². The molecule has 6 heteroatoms. The number of benzene rings is 1. The monoisotopic (exact) mass is 284 g/mol. The third-order valence-electron chi connectivity index (χ3n) is 2.79. The third kappa shape index (κ3) is 3.66. The van der Waals surface area contributed by atoms with Crippen LogP contribution in [0.25, 0.3) is 11.3 Å². The summed E-state index contributed by atoms with van der Waals surface area (Å²) in [5.41, 5.74) is 1.55. The van der Waals surface area contributed by atoms with Crippen LogP contribution < -0.4 is 0 Å². The van der Waals surface area contributed by atoms with E-state index in [2.05, 4.69) is 16.4 Å². The van der Waals surface area contributed by atoms with Crippen LogP contribution in [0.2, 0.25) is 0 Å². The van der Waals surface area contributed by atoms with Gasteiger partial charge in [-0.15, -0.1) is 5.10 Å². The SMILES string of the molecule is CC(C)(C)C(=O)OCn1cc(-c2ccc(C#N)cc2)nn1. The summed E-state index contributed by atoms with van der Waals surface area (Å²) in [6.07, 6.45) is 1.69. The molecule has 0 amide bonds. The second-order valence-electron chi connectivity index (χ2n) is 5.64. The Bertz CT molecular complexity index is 675. The Kier molecular flexibility index (Phi) is 4.03. The van der Waals surface area contributed by atoms with Gasteiger partial charge in [0.15, 0.2) is 6.73 Å². The van der Waals surface area contributed by atoms with Crippen LogP contribution in [0.1, 0.15) is 26.3 Å². The van der Waals surface area contributed by atoms with E-state index in [1.807, 2.05) is 0 Å². The van der Waals surface area contributed by atoms with Crippen LogP contribution in [0.4, 0.5) is 0 Å². The lowest BCUT2D eigenvalue weighted by atomic mass is 9.98. The summed E-state index contributed by atoms with van der Waals surface area (Å²) < 4.78 is 6.61. The van der Waals surface area contributed by atoms with E-state index in [1.54, 1.807) is 51.2 Å². The van der Waals surface area contributed by atoms with Gasteiger partial charge in [-0.05, 0) is 32.9 Å². The maximum atomic E-state index is 11.7. The van der Waals surface area contributed by atoms with E-state index in [0.717, 1.165) is 5.56 Å². The Hall–Kier alpha value is -2.68. The second-order valence-corrected chi connectivity index (χ2v) is 5.64. The van der Waals surface area contributed by atoms with Crippen LogP contribution in [0, 0.1) is 16.7 Å². The number of rotatable bonds is 3. The van der Waals surface area contributed by atoms with E-state index >= 15 is 0 Å². The average molecular weight is 284 g/mol. The van der Waals surface area contributed by atoms with Gasteiger partial charge in [0.1, 0.15) is 5.69 Å². The van der Waals surface area contributed by atoms with Gasteiger partial charge >= 0.3 is 5.97 Å². The van der Waals surface area contributed by atoms with Crippen LogP contribution in [-0.2, 0) is 16.3 Å². The minimum Gasteiger partial charge on any atom is -0.442 e. The first-order valence-electron chi connectivity index (χ1n) is 6.48. The smallest absolute Gasteiger partial charge is 0.313 e. The van der Waals surface area contributed by atoms with Gasteiger partial charge in [0.2, 0.25) is 0 Å².